The summed E-state index contributed by atoms with van der Waals surface area (Å²) in [7, 11) is 0. The number of anilines is 1. The van der Waals surface area contributed by atoms with Gasteiger partial charge in [0.1, 0.15) is 17.3 Å². The van der Waals surface area contributed by atoms with Gasteiger partial charge in [-0.25, -0.2) is 18.4 Å². The molecule has 2 aliphatic heterocycles. The zero-order valence-corrected chi connectivity index (χ0v) is 28.2. The van der Waals surface area contributed by atoms with Crippen molar-refractivity contribution >= 4 is 44.5 Å². The topological polar surface area (TPSA) is 115 Å². The number of likely N-dealkylation sites (tertiary alicyclic amines) is 2. The normalized spacial score (nSPS) is 17.2. The molecule has 10 nitrogen and oxygen atoms in total. The van der Waals surface area contributed by atoms with Crippen LogP contribution in [0.3, 0.4) is 0 Å². The molecule has 48 heavy (non-hydrogen) atoms. The van der Waals surface area contributed by atoms with Gasteiger partial charge in [0, 0.05) is 42.4 Å². The number of halogens is 3. The van der Waals surface area contributed by atoms with Crippen LogP contribution in [-0.4, -0.2) is 65.8 Å². The molecule has 2 aliphatic rings. The lowest BCUT2D eigenvalue weighted by Crippen LogP contribution is -2.39. The van der Waals surface area contributed by atoms with Crippen LogP contribution < -0.4 is 5.73 Å². The third-order valence-corrected chi connectivity index (χ3v) is 10.1. The number of benzene rings is 3. The molecular weight excluding hydrogens is 682 g/mol. The van der Waals surface area contributed by atoms with Crippen molar-refractivity contribution in [3.8, 4) is 11.3 Å². The average molecular weight is 718 g/mol. The number of amides is 2. The van der Waals surface area contributed by atoms with Crippen molar-refractivity contribution in [3.63, 3.8) is 0 Å². The molecule has 5 aromatic rings. The quantitative estimate of drug-likeness (QED) is 0.150. The maximum absolute atomic E-state index is 14.3. The lowest BCUT2D eigenvalue weighted by atomic mass is 10.0. The number of piperidine rings is 1. The fourth-order valence-corrected chi connectivity index (χ4v) is 7.31. The maximum atomic E-state index is 14.3. The molecule has 1 unspecified atom stereocenters. The van der Waals surface area contributed by atoms with Crippen LogP contribution in [0.25, 0.3) is 22.3 Å². The largest absolute Gasteiger partial charge is 0.396 e. The molecule has 0 spiro atoms. The molecule has 1 atom stereocenters. The van der Waals surface area contributed by atoms with Gasteiger partial charge in [-0.1, -0.05) is 23.4 Å². The predicted octanol–water partition coefficient (Wildman–Crippen LogP) is 6.95. The minimum absolute atomic E-state index is 0.0586. The Labute approximate surface area is 284 Å². The highest BCUT2D eigenvalue weighted by molar-refractivity contribution is 9.10. The van der Waals surface area contributed by atoms with Crippen LogP contribution in [-0.2, 0) is 0 Å². The van der Waals surface area contributed by atoms with E-state index in [-0.39, 0.29) is 51.4 Å². The van der Waals surface area contributed by atoms with E-state index >= 15 is 0 Å². The number of carbonyl (C=O) groups excluding carboxylic acids is 2. The minimum Gasteiger partial charge on any atom is -0.396 e. The summed E-state index contributed by atoms with van der Waals surface area (Å²) in [6.07, 6.45) is 4.54. The van der Waals surface area contributed by atoms with Crippen molar-refractivity contribution in [2.24, 2.45) is 0 Å². The molecule has 2 amide bonds. The number of aromatic nitrogens is 5. The van der Waals surface area contributed by atoms with E-state index in [1.807, 2.05) is 23.1 Å². The molecule has 0 radical (unpaired) electrons. The number of nitrogen functional groups attached to an aromatic ring is 1. The third kappa shape index (κ3) is 5.63. The number of para-hydroxylation sites is 2. The third-order valence-electron chi connectivity index (χ3n) is 9.42. The van der Waals surface area contributed by atoms with Gasteiger partial charge in [-0.15, -0.1) is 5.10 Å². The van der Waals surface area contributed by atoms with Crippen molar-refractivity contribution in [2.45, 2.75) is 57.7 Å². The second kappa shape index (κ2) is 12.8. The van der Waals surface area contributed by atoms with Crippen molar-refractivity contribution < 1.29 is 18.4 Å². The number of hydrogen-bond donors (Lipinski definition) is 1. The molecule has 2 N–H and O–H groups in total. The smallest absolute Gasteiger partial charge is 0.254 e. The number of carbonyl (C=O) groups is 2. The summed E-state index contributed by atoms with van der Waals surface area (Å²) in [6, 6.07) is 16.1. The Hall–Kier alpha value is -4.65. The SMILES string of the molecule is CC(C)n1c(C2CCCN2C(=O)c2cccc(C(=O)N3CCC(n4cc(-c5cc(F)c(Br)c(F)c5N)nn4)CC3)c2)nc2ccccc21. The van der Waals surface area contributed by atoms with Crippen LogP contribution in [0.1, 0.15) is 84.2 Å². The lowest BCUT2D eigenvalue weighted by molar-refractivity contribution is 0.0689. The van der Waals surface area contributed by atoms with Gasteiger partial charge in [-0.2, -0.15) is 0 Å². The summed E-state index contributed by atoms with van der Waals surface area (Å²) in [4.78, 5) is 36.2. The molecule has 4 heterocycles. The Morgan fingerprint density at radius 2 is 1.69 bits per heavy atom. The number of imidazole rings is 1. The average Bonchev–Trinajstić information content (AvgIpc) is 3.87. The highest BCUT2D eigenvalue weighted by Gasteiger charge is 2.35. The first-order valence-electron chi connectivity index (χ1n) is 16.1. The van der Waals surface area contributed by atoms with Gasteiger partial charge in [0.25, 0.3) is 11.8 Å². The summed E-state index contributed by atoms with van der Waals surface area (Å²) in [6.45, 7) is 5.83. The van der Waals surface area contributed by atoms with E-state index in [9.17, 15) is 18.4 Å². The van der Waals surface area contributed by atoms with Crippen molar-refractivity contribution in [1.29, 1.82) is 0 Å². The summed E-state index contributed by atoms with van der Waals surface area (Å²) < 4.78 is 32.1. The molecule has 248 valence electrons. The number of hydrogen-bond acceptors (Lipinski definition) is 6. The zero-order chi connectivity index (χ0) is 33.7. The molecule has 7 rings (SSSR count). The summed E-state index contributed by atoms with van der Waals surface area (Å²) >= 11 is 2.86. The summed E-state index contributed by atoms with van der Waals surface area (Å²) in [5.74, 6) is -1.02. The van der Waals surface area contributed by atoms with Crippen LogP contribution >= 0.6 is 15.9 Å². The number of fused-ring (bicyclic) bond motifs is 1. The highest BCUT2D eigenvalue weighted by atomic mass is 79.9. The molecular formula is C35H35BrF2N8O2. The molecule has 3 aromatic carbocycles. The highest BCUT2D eigenvalue weighted by Crippen LogP contribution is 2.37. The Morgan fingerprint density at radius 1 is 0.958 bits per heavy atom. The molecule has 0 saturated carbocycles. The molecule has 0 aliphatic carbocycles. The number of nitrogens with two attached hydrogens (primary N) is 1. The maximum Gasteiger partial charge on any atom is 0.254 e. The van der Waals surface area contributed by atoms with Crippen molar-refractivity contribution in [1.82, 2.24) is 34.3 Å². The standard InChI is InChI=1S/C35H35BrF2N8O2/c1-20(2)46-28-10-4-3-9-26(28)40-33(46)29-11-6-14-44(29)35(48)22-8-5-7-21(17-22)34(47)43-15-12-23(13-16-43)45-19-27(41-42-45)24-18-25(37)30(36)31(38)32(24)39/h3-5,7-10,17-20,23,29H,6,11-16,39H2,1-2H3. The van der Waals surface area contributed by atoms with Gasteiger partial charge >= 0.3 is 0 Å². The van der Waals surface area contributed by atoms with Crippen LogP contribution in [0.2, 0.25) is 0 Å². The number of rotatable bonds is 6. The lowest BCUT2D eigenvalue weighted by Gasteiger charge is -2.32. The van der Waals surface area contributed by atoms with Crippen molar-refractivity contribution in [3.05, 3.63) is 93.9 Å². The van der Waals surface area contributed by atoms with Gasteiger partial charge in [0.2, 0.25) is 0 Å². The minimum atomic E-state index is -0.885. The van der Waals surface area contributed by atoms with Crippen LogP contribution in [0.4, 0.5) is 14.5 Å². The Morgan fingerprint density at radius 3 is 2.44 bits per heavy atom. The van der Waals surface area contributed by atoms with Crippen LogP contribution in [0.5, 0.6) is 0 Å². The molecule has 0 bridgehead atoms. The predicted molar refractivity (Wildman–Crippen MR) is 181 cm³/mol. The fraction of sp³-hybridized carbons (Fsp3) is 0.343. The second-order valence-corrected chi connectivity index (χ2v) is 13.5. The van der Waals surface area contributed by atoms with Gasteiger partial charge in [-0.3, -0.25) is 9.59 Å². The van der Waals surface area contributed by atoms with Gasteiger partial charge in [0.15, 0.2) is 5.82 Å². The van der Waals surface area contributed by atoms with Crippen LogP contribution in [0, 0.1) is 11.6 Å². The first-order valence-corrected chi connectivity index (χ1v) is 16.9. The van der Waals surface area contributed by atoms with E-state index in [2.05, 4.69) is 50.7 Å². The van der Waals surface area contributed by atoms with E-state index in [0.29, 0.717) is 43.6 Å². The molecule has 13 heteroatoms. The molecule has 2 fully saturated rings. The van der Waals surface area contributed by atoms with Gasteiger partial charge < -0.3 is 20.1 Å². The van der Waals surface area contributed by atoms with E-state index in [0.717, 1.165) is 35.8 Å². The zero-order valence-electron chi connectivity index (χ0n) is 26.6. The molecule has 2 saturated heterocycles. The van der Waals surface area contributed by atoms with Crippen molar-refractivity contribution in [2.75, 3.05) is 25.4 Å². The van der Waals surface area contributed by atoms with E-state index in [1.165, 1.54) is 0 Å². The summed E-state index contributed by atoms with van der Waals surface area (Å²) in [5.41, 5.74) is 8.97. The van der Waals surface area contributed by atoms with E-state index in [1.54, 1.807) is 40.0 Å². The monoisotopic (exact) mass is 716 g/mol. The molecule has 2 aromatic heterocycles. The number of nitrogens with zero attached hydrogens (tertiary/aromatic N) is 7. The first kappa shape index (κ1) is 31.9. The summed E-state index contributed by atoms with van der Waals surface area (Å²) in [5, 5.41) is 8.30. The van der Waals surface area contributed by atoms with Gasteiger partial charge in [-0.05, 0) is 91.9 Å². The van der Waals surface area contributed by atoms with Crippen LogP contribution in [0.15, 0.2) is 65.3 Å². The Kier molecular flexibility index (Phi) is 8.48. The Bertz CT molecular complexity index is 2030. The second-order valence-electron chi connectivity index (χ2n) is 12.7. The fourth-order valence-electron chi connectivity index (χ4n) is 6.99. The Balaban J connectivity index is 1.04. The van der Waals surface area contributed by atoms with E-state index < -0.39 is 11.6 Å². The van der Waals surface area contributed by atoms with Gasteiger partial charge in [0.05, 0.1) is 39.5 Å². The first-order chi connectivity index (χ1) is 23.1. The van der Waals surface area contributed by atoms with E-state index in [4.69, 9.17) is 10.7 Å².